The molecule has 0 saturated carbocycles. The van der Waals surface area contributed by atoms with Gasteiger partial charge in [-0.15, -0.1) is 0 Å². The van der Waals surface area contributed by atoms with E-state index in [1.54, 1.807) is 12.1 Å². The molecule has 0 amide bonds. The maximum atomic E-state index is 13.6. The SMILES string of the molecule is NNC(Cc1c(F)cccc1Cl)c1cn[nH]n1. The monoisotopic (exact) mass is 255 g/mol. The highest BCUT2D eigenvalue weighted by molar-refractivity contribution is 6.31. The number of H-pyrrole nitrogens is 1. The Labute approximate surface area is 102 Å². The zero-order valence-electron chi connectivity index (χ0n) is 8.82. The van der Waals surface area contributed by atoms with Crippen LogP contribution >= 0.6 is 11.6 Å². The van der Waals surface area contributed by atoms with E-state index in [4.69, 9.17) is 17.4 Å². The smallest absolute Gasteiger partial charge is 0.127 e. The molecule has 0 aliphatic heterocycles. The molecular formula is C10H11ClFN5. The normalized spacial score (nSPS) is 12.6. The number of hydrogen-bond donors (Lipinski definition) is 3. The molecule has 1 atom stereocenters. The van der Waals surface area contributed by atoms with Gasteiger partial charge >= 0.3 is 0 Å². The maximum absolute atomic E-state index is 13.6. The van der Waals surface area contributed by atoms with Crippen LogP contribution < -0.4 is 11.3 Å². The fraction of sp³-hybridized carbons (Fsp3) is 0.200. The van der Waals surface area contributed by atoms with Crippen LogP contribution in [0.25, 0.3) is 0 Å². The van der Waals surface area contributed by atoms with Gasteiger partial charge in [-0.05, 0) is 18.6 Å². The molecule has 17 heavy (non-hydrogen) atoms. The number of hydrogen-bond acceptors (Lipinski definition) is 4. The summed E-state index contributed by atoms with van der Waals surface area (Å²) in [6.07, 6.45) is 1.83. The Morgan fingerprint density at radius 2 is 2.35 bits per heavy atom. The van der Waals surface area contributed by atoms with Crippen LogP contribution in [0.15, 0.2) is 24.4 Å². The van der Waals surface area contributed by atoms with Crippen molar-refractivity contribution in [1.82, 2.24) is 20.8 Å². The van der Waals surface area contributed by atoms with E-state index in [2.05, 4.69) is 20.8 Å². The molecule has 1 unspecified atom stereocenters. The Bertz CT molecular complexity index is 467. The van der Waals surface area contributed by atoms with Gasteiger partial charge in [-0.25, -0.2) is 4.39 Å². The number of nitrogens with zero attached hydrogens (tertiary/aromatic N) is 2. The topological polar surface area (TPSA) is 79.6 Å². The van der Waals surface area contributed by atoms with Crippen LogP contribution in [0.4, 0.5) is 4.39 Å². The minimum absolute atomic E-state index is 0.300. The molecule has 0 saturated heterocycles. The number of rotatable bonds is 4. The summed E-state index contributed by atoms with van der Waals surface area (Å²) >= 11 is 5.94. The van der Waals surface area contributed by atoms with Gasteiger partial charge in [0.25, 0.3) is 0 Å². The molecule has 0 spiro atoms. The lowest BCUT2D eigenvalue weighted by Crippen LogP contribution is -2.30. The summed E-state index contributed by atoms with van der Waals surface area (Å²) < 4.78 is 13.6. The first kappa shape index (κ1) is 12.0. The van der Waals surface area contributed by atoms with Crippen molar-refractivity contribution in [2.24, 2.45) is 5.84 Å². The molecule has 0 aliphatic rings. The summed E-state index contributed by atoms with van der Waals surface area (Å²) in [6.45, 7) is 0. The van der Waals surface area contributed by atoms with E-state index in [1.807, 2.05) is 0 Å². The van der Waals surface area contributed by atoms with E-state index >= 15 is 0 Å². The number of nitrogens with two attached hydrogens (primary N) is 1. The second-order valence-electron chi connectivity index (χ2n) is 3.52. The predicted octanol–water partition coefficient (Wildman–Crippen LogP) is 1.34. The van der Waals surface area contributed by atoms with Crippen LogP contribution in [-0.2, 0) is 6.42 Å². The van der Waals surface area contributed by atoms with Gasteiger partial charge in [-0.3, -0.25) is 11.3 Å². The minimum atomic E-state index is -0.360. The number of nitrogens with one attached hydrogen (secondary N) is 2. The highest BCUT2D eigenvalue weighted by Crippen LogP contribution is 2.24. The third kappa shape index (κ3) is 2.60. The van der Waals surface area contributed by atoms with Gasteiger partial charge in [0.05, 0.1) is 12.2 Å². The Morgan fingerprint density at radius 1 is 1.53 bits per heavy atom. The minimum Gasteiger partial charge on any atom is -0.271 e. The van der Waals surface area contributed by atoms with Crippen LogP contribution in [-0.4, -0.2) is 15.4 Å². The highest BCUT2D eigenvalue weighted by Gasteiger charge is 2.17. The van der Waals surface area contributed by atoms with Crippen LogP contribution in [0.1, 0.15) is 17.3 Å². The summed E-state index contributed by atoms with van der Waals surface area (Å²) in [5.74, 6) is 5.05. The van der Waals surface area contributed by atoms with Crippen LogP contribution in [0.3, 0.4) is 0 Å². The van der Waals surface area contributed by atoms with Gasteiger partial charge in [0.15, 0.2) is 0 Å². The van der Waals surface area contributed by atoms with Gasteiger partial charge in [0, 0.05) is 10.6 Å². The van der Waals surface area contributed by atoms with Crippen molar-refractivity contribution in [3.05, 3.63) is 46.5 Å². The van der Waals surface area contributed by atoms with Gasteiger partial charge in [-0.2, -0.15) is 15.4 Å². The van der Waals surface area contributed by atoms with E-state index in [9.17, 15) is 4.39 Å². The quantitative estimate of drug-likeness (QED) is 0.569. The van der Waals surface area contributed by atoms with Crippen molar-refractivity contribution in [3.63, 3.8) is 0 Å². The zero-order chi connectivity index (χ0) is 12.3. The number of aromatic nitrogens is 3. The summed E-state index contributed by atoms with van der Waals surface area (Å²) in [5.41, 5.74) is 3.57. The fourth-order valence-corrected chi connectivity index (χ4v) is 1.80. The maximum Gasteiger partial charge on any atom is 0.127 e. The summed E-state index contributed by atoms with van der Waals surface area (Å²) in [4.78, 5) is 0. The molecule has 0 radical (unpaired) electrons. The lowest BCUT2D eigenvalue weighted by molar-refractivity contribution is 0.518. The van der Waals surface area contributed by atoms with Gasteiger partial charge in [0.1, 0.15) is 11.5 Å². The third-order valence-electron chi connectivity index (χ3n) is 2.46. The molecular weight excluding hydrogens is 245 g/mol. The molecule has 2 rings (SSSR count). The molecule has 0 aliphatic carbocycles. The van der Waals surface area contributed by atoms with Gasteiger partial charge < -0.3 is 0 Å². The average Bonchev–Trinajstić information content (AvgIpc) is 2.82. The van der Waals surface area contributed by atoms with Crippen molar-refractivity contribution in [2.75, 3.05) is 0 Å². The van der Waals surface area contributed by atoms with Crippen molar-refractivity contribution in [2.45, 2.75) is 12.5 Å². The van der Waals surface area contributed by atoms with Crippen LogP contribution in [0.5, 0.6) is 0 Å². The first-order valence-electron chi connectivity index (χ1n) is 4.97. The molecule has 0 fully saturated rings. The number of benzene rings is 1. The van der Waals surface area contributed by atoms with E-state index < -0.39 is 0 Å². The molecule has 1 heterocycles. The molecule has 1 aromatic heterocycles. The summed E-state index contributed by atoms with van der Waals surface area (Å²) in [5, 5.41) is 10.4. The molecule has 0 bridgehead atoms. The summed E-state index contributed by atoms with van der Waals surface area (Å²) in [7, 11) is 0. The van der Waals surface area contributed by atoms with Crippen molar-refractivity contribution >= 4 is 11.6 Å². The molecule has 1 aromatic carbocycles. The van der Waals surface area contributed by atoms with E-state index in [0.717, 1.165) is 0 Å². The van der Waals surface area contributed by atoms with Crippen molar-refractivity contribution in [3.8, 4) is 0 Å². The average molecular weight is 256 g/mol. The second kappa shape index (κ2) is 5.22. The molecule has 2 aromatic rings. The first-order chi connectivity index (χ1) is 8.22. The summed E-state index contributed by atoms with van der Waals surface area (Å²) in [6, 6.07) is 4.21. The van der Waals surface area contributed by atoms with Gasteiger partial charge in [0.2, 0.25) is 0 Å². The molecule has 7 heteroatoms. The standard InChI is InChI=1S/C10H11ClFN5/c11-7-2-1-3-8(12)6(7)4-9(15-13)10-5-14-17-16-10/h1-3,5,9,15H,4,13H2,(H,14,16,17). The predicted molar refractivity (Wildman–Crippen MR) is 61.6 cm³/mol. The molecule has 4 N–H and O–H groups in total. The number of aromatic amines is 1. The van der Waals surface area contributed by atoms with Crippen LogP contribution in [0.2, 0.25) is 5.02 Å². The Morgan fingerprint density at radius 3 is 2.94 bits per heavy atom. The second-order valence-corrected chi connectivity index (χ2v) is 3.93. The van der Waals surface area contributed by atoms with E-state index in [-0.39, 0.29) is 11.9 Å². The third-order valence-corrected chi connectivity index (χ3v) is 2.82. The van der Waals surface area contributed by atoms with E-state index in [0.29, 0.717) is 22.7 Å². The zero-order valence-corrected chi connectivity index (χ0v) is 9.58. The Balaban J connectivity index is 2.25. The Hall–Kier alpha value is -1.50. The van der Waals surface area contributed by atoms with Crippen LogP contribution in [0, 0.1) is 5.82 Å². The lowest BCUT2D eigenvalue weighted by Gasteiger charge is -2.14. The number of halogens is 2. The van der Waals surface area contributed by atoms with Gasteiger partial charge in [-0.1, -0.05) is 17.7 Å². The van der Waals surface area contributed by atoms with E-state index in [1.165, 1.54) is 12.3 Å². The fourth-order valence-electron chi connectivity index (χ4n) is 1.56. The first-order valence-corrected chi connectivity index (χ1v) is 5.35. The number of hydrazine groups is 1. The lowest BCUT2D eigenvalue weighted by atomic mass is 10.0. The highest BCUT2D eigenvalue weighted by atomic mass is 35.5. The Kier molecular flexibility index (Phi) is 3.68. The molecule has 5 nitrogen and oxygen atoms in total. The molecule has 90 valence electrons. The van der Waals surface area contributed by atoms with Crippen molar-refractivity contribution < 1.29 is 4.39 Å². The van der Waals surface area contributed by atoms with Crippen molar-refractivity contribution in [1.29, 1.82) is 0 Å². The largest absolute Gasteiger partial charge is 0.271 e.